The van der Waals surface area contributed by atoms with Crippen molar-refractivity contribution in [3.05, 3.63) is 75.1 Å². The predicted molar refractivity (Wildman–Crippen MR) is 121 cm³/mol. The molecule has 4 rings (SSSR count). The first-order valence-electron chi connectivity index (χ1n) is 9.54. The second-order valence-electron chi connectivity index (χ2n) is 6.56. The van der Waals surface area contributed by atoms with Crippen molar-refractivity contribution in [3.8, 4) is 23.8 Å². The molecule has 0 aliphatic rings. The molecule has 150 valence electrons. The van der Waals surface area contributed by atoms with Gasteiger partial charge in [-0.2, -0.15) is 0 Å². The summed E-state index contributed by atoms with van der Waals surface area (Å²) in [6.45, 7) is 6.36. The second kappa shape index (κ2) is 8.44. The molecular formula is C24H20N2O3S. The number of imidazole rings is 1. The van der Waals surface area contributed by atoms with E-state index >= 15 is 0 Å². The third-order valence-corrected chi connectivity index (χ3v) is 5.53. The molecule has 0 unspecified atom stereocenters. The Bertz CT molecular complexity index is 1390. The molecule has 0 amide bonds. The maximum atomic E-state index is 13.0. The fourth-order valence-electron chi connectivity index (χ4n) is 3.38. The van der Waals surface area contributed by atoms with E-state index in [-0.39, 0.29) is 12.2 Å². The number of thiazole rings is 1. The van der Waals surface area contributed by atoms with Crippen LogP contribution in [0.3, 0.4) is 0 Å². The van der Waals surface area contributed by atoms with Crippen LogP contribution >= 0.6 is 11.3 Å². The van der Waals surface area contributed by atoms with Gasteiger partial charge in [-0.05, 0) is 49.2 Å². The average molecular weight is 417 g/mol. The second-order valence-corrected chi connectivity index (χ2v) is 7.57. The van der Waals surface area contributed by atoms with Gasteiger partial charge in [-0.3, -0.25) is 4.79 Å². The number of fused-ring (bicyclic) bond motifs is 3. The predicted octanol–water partition coefficient (Wildman–Crippen LogP) is 3.60. The van der Waals surface area contributed by atoms with Crippen molar-refractivity contribution < 1.29 is 9.47 Å². The summed E-state index contributed by atoms with van der Waals surface area (Å²) in [6.07, 6.45) is 9.59. The van der Waals surface area contributed by atoms with Crippen LogP contribution in [0.4, 0.5) is 0 Å². The van der Waals surface area contributed by atoms with Crippen molar-refractivity contribution in [1.29, 1.82) is 0 Å². The van der Waals surface area contributed by atoms with E-state index in [1.165, 1.54) is 11.3 Å². The van der Waals surface area contributed by atoms with Gasteiger partial charge in [0.15, 0.2) is 16.5 Å². The maximum absolute atomic E-state index is 13.0. The van der Waals surface area contributed by atoms with Gasteiger partial charge in [-0.15, -0.1) is 13.0 Å². The quantitative estimate of drug-likeness (QED) is 0.341. The third-order valence-electron chi connectivity index (χ3n) is 4.56. The lowest BCUT2D eigenvalue weighted by atomic mass is 10.1. The molecular weight excluding hydrogens is 396 g/mol. The Balaban J connectivity index is 1.88. The lowest BCUT2D eigenvalue weighted by Crippen LogP contribution is -2.22. The number of nitrogens with zero attached hydrogens (tertiary/aromatic N) is 2. The fourth-order valence-corrected chi connectivity index (χ4v) is 4.36. The summed E-state index contributed by atoms with van der Waals surface area (Å²) in [5, 5.41) is 0. The van der Waals surface area contributed by atoms with Gasteiger partial charge < -0.3 is 9.47 Å². The zero-order valence-corrected chi connectivity index (χ0v) is 17.4. The Morgan fingerprint density at radius 3 is 2.90 bits per heavy atom. The van der Waals surface area contributed by atoms with Crippen LogP contribution in [-0.4, -0.2) is 22.6 Å². The number of hydrogen-bond donors (Lipinski definition) is 0. The summed E-state index contributed by atoms with van der Waals surface area (Å²) in [4.78, 5) is 18.3. The monoisotopic (exact) mass is 416 g/mol. The minimum absolute atomic E-state index is 0.0837. The molecule has 5 nitrogen and oxygen atoms in total. The summed E-state index contributed by atoms with van der Waals surface area (Å²) in [6, 6.07) is 11.5. The van der Waals surface area contributed by atoms with Crippen molar-refractivity contribution in [2.45, 2.75) is 13.3 Å². The number of terminal acetylenes is 1. The van der Waals surface area contributed by atoms with Crippen LogP contribution in [0.1, 0.15) is 18.1 Å². The van der Waals surface area contributed by atoms with Crippen molar-refractivity contribution >= 4 is 33.4 Å². The molecule has 0 saturated carbocycles. The van der Waals surface area contributed by atoms with Gasteiger partial charge in [0.05, 0.1) is 22.2 Å². The van der Waals surface area contributed by atoms with Crippen LogP contribution in [-0.2, 0) is 6.42 Å². The Morgan fingerprint density at radius 2 is 2.13 bits per heavy atom. The molecule has 0 saturated heterocycles. The first kappa shape index (κ1) is 19.7. The van der Waals surface area contributed by atoms with E-state index in [1.807, 2.05) is 49.4 Å². The third kappa shape index (κ3) is 3.56. The van der Waals surface area contributed by atoms with Gasteiger partial charge >= 0.3 is 0 Å². The van der Waals surface area contributed by atoms with Crippen LogP contribution < -0.4 is 19.6 Å². The smallest absolute Gasteiger partial charge is 0.274 e. The van der Waals surface area contributed by atoms with E-state index in [9.17, 15) is 4.79 Å². The number of ether oxygens (including phenoxy) is 2. The average Bonchev–Trinajstić information content (AvgIpc) is 3.24. The molecule has 6 heteroatoms. The summed E-state index contributed by atoms with van der Waals surface area (Å²) >= 11 is 1.37. The highest BCUT2D eigenvalue weighted by atomic mass is 32.1. The Kier molecular flexibility index (Phi) is 5.55. The Labute approximate surface area is 177 Å². The Hall–Kier alpha value is -3.56. The summed E-state index contributed by atoms with van der Waals surface area (Å²) in [5.74, 6) is 3.69. The number of benzene rings is 2. The SMILES string of the molecule is C#CCOc1c(CC=C)cc(C=c2sc3nc4ccccc4n3c2=O)cc1OCC. The molecule has 2 aromatic carbocycles. The van der Waals surface area contributed by atoms with E-state index in [2.05, 4.69) is 17.5 Å². The number of para-hydroxylation sites is 2. The van der Waals surface area contributed by atoms with E-state index < -0.39 is 0 Å². The molecule has 0 aliphatic carbocycles. The minimum atomic E-state index is -0.0837. The highest BCUT2D eigenvalue weighted by Crippen LogP contribution is 2.34. The van der Waals surface area contributed by atoms with Crippen molar-refractivity contribution in [2.24, 2.45) is 0 Å². The van der Waals surface area contributed by atoms with Gasteiger partial charge in [-0.25, -0.2) is 9.38 Å². The highest BCUT2D eigenvalue weighted by Gasteiger charge is 2.14. The number of allylic oxidation sites excluding steroid dienone is 1. The number of rotatable bonds is 7. The summed E-state index contributed by atoms with van der Waals surface area (Å²) in [7, 11) is 0. The first-order valence-corrected chi connectivity index (χ1v) is 10.4. The van der Waals surface area contributed by atoms with Crippen LogP contribution in [0.2, 0.25) is 0 Å². The first-order chi connectivity index (χ1) is 14.7. The lowest BCUT2D eigenvalue weighted by Gasteiger charge is -2.15. The van der Waals surface area contributed by atoms with E-state index in [4.69, 9.17) is 15.9 Å². The fraction of sp³-hybridized carbons (Fsp3) is 0.167. The Morgan fingerprint density at radius 1 is 1.30 bits per heavy atom. The van der Waals surface area contributed by atoms with Gasteiger partial charge in [-0.1, -0.05) is 35.5 Å². The molecule has 30 heavy (non-hydrogen) atoms. The van der Waals surface area contributed by atoms with E-state index in [0.717, 1.165) is 22.2 Å². The molecule has 0 N–H and O–H groups in total. The topological polar surface area (TPSA) is 52.8 Å². The van der Waals surface area contributed by atoms with Crippen molar-refractivity contribution in [1.82, 2.24) is 9.38 Å². The summed E-state index contributed by atoms with van der Waals surface area (Å²) < 4.78 is 13.8. The maximum Gasteiger partial charge on any atom is 0.274 e. The normalized spacial score (nSPS) is 11.7. The minimum Gasteiger partial charge on any atom is -0.490 e. The van der Waals surface area contributed by atoms with Crippen molar-refractivity contribution in [3.63, 3.8) is 0 Å². The number of aromatic nitrogens is 2. The molecule has 0 radical (unpaired) electrons. The van der Waals surface area contributed by atoms with Gasteiger partial charge in [0, 0.05) is 5.56 Å². The largest absolute Gasteiger partial charge is 0.490 e. The number of hydrogen-bond acceptors (Lipinski definition) is 5. The lowest BCUT2D eigenvalue weighted by molar-refractivity contribution is 0.297. The molecule has 4 aromatic rings. The van der Waals surface area contributed by atoms with Crippen LogP contribution in [0.25, 0.3) is 22.1 Å². The van der Waals surface area contributed by atoms with Crippen LogP contribution in [0.15, 0.2) is 53.8 Å². The zero-order chi connectivity index (χ0) is 21.1. The molecule has 0 fully saturated rings. The van der Waals surface area contributed by atoms with E-state index in [0.29, 0.717) is 34.0 Å². The molecule has 2 heterocycles. The van der Waals surface area contributed by atoms with Gasteiger partial charge in [0.1, 0.15) is 6.61 Å². The zero-order valence-electron chi connectivity index (χ0n) is 16.6. The highest BCUT2D eigenvalue weighted by molar-refractivity contribution is 7.15. The molecule has 0 bridgehead atoms. The van der Waals surface area contributed by atoms with Crippen molar-refractivity contribution in [2.75, 3.05) is 13.2 Å². The van der Waals surface area contributed by atoms with Gasteiger partial charge in [0.2, 0.25) is 0 Å². The molecule has 2 aromatic heterocycles. The summed E-state index contributed by atoms with van der Waals surface area (Å²) in [5.41, 5.74) is 3.29. The van der Waals surface area contributed by atoms with Gasteiger partial charge in [0.25, 0.3) is 5.56 Å². The molecule has 0 spiro atoms. The molecule has 0 atom stereocenters. The van der Waals surface area contributed by atoms with Crippen LogP contribution in [0.5, 0.6) is 11.5 Å². The van der Waals surface area contributed by atoms with Crippen LogP contribution in [0, 0.1) is 12.3 Å². The van der Waals surface area contributed by atoms with E-state index in [1.54, 1.807) is 10.5 Å². The molecule has 0 aliphatic heterocycles. The standard InChI is InChI=1S/C24H20N2O3S/c1-4-9-17-13-16(14-20(28-6-3)22(17)29-12-5-2)15-21-23(27)26-19-11-8-7-10-18(19)25-24(26)30-21/h2,4,7-8,10-11,13-15H,1,6,9,12H2,3H3.